The Kier molecular flexibility index (Phi) is 7.90. The molecule has 9 heteroatoms. The van der Waals surface area contributed by atoms with Crippen molar-refractivity contribution in [3.63, 3.8) is 0 Å². The lowest BCUT2D eigenvalue weighted by Gasteiger charge is -2.16. The smallest absolute Gasteiger partial charge is 0.326 e. The molecule has 6 N–H and O–H groups in total. The van der Waals surface area contributed by atoms with Gasteiger partial charge < -0.3 is 26.6 Å². The van der Waals surface area contributed by atoms with Gasteiger partial charge in [-0.25, -0.2) is 4.79 Å². The van der Waals surface area contributed by atoms with E-state index in [0.717, 1.165) is 0 Å². The van der Waals surface area contributed by atoms with Gasteiger partial charge in [-0.2, -0.15) is 0 Å². The van der Waals surface area contributed by atoms with E-state index in [1.807, 2.05) is 0 Å². The van der Waals surface area contributed by atoms with Crippen molar-refractivity contribution in [3.05, 3.63) is 0 Å². The third kappa shape index (κ3) is 7.31. The molecule has 114 valence electrons. The van der Waals surface area contributed by atoms with Crippen LogP contribution in [0.2, 0.25) is 0 Å². The first kappa shape index (κ1) is 17.8. The number of nitrogens with two attached hydrogens (primary N) is 1. The number of aliphatic carboxylic acids is 2. The second-order valence-electron chi connectivity index (χ2n) is 4.10. The van der Waals surface area contributed by atoms with Crippen LogP contribution in [0.1, 0.15) is 26.2 Å². The van der Waals surface area contributed by atoms with Gasteiger partial charge in [0.1, 0.15) is 6.04 Å². The van der Waals surface area contributed by atoms with Gasteiger partial charge in [0.05, 0.1) is 12.5 Å². The molecule has 0 aliphatic carbocycles. The zero-order valence-electron chi connectivity index (χ0n) is 11.1. The van der Waals surface area contributed by atoms with Crippen LogP contribution >= 0.6 is 0 Å². The average Bonchev–Trinajstić information content (AvgIpc) is 2.33. The Bertz CT molecular complexity index is 384. The summed E-state index contributed by atoms with van der Waals surface area (Å²) in [4.78, 5) is 44.1. The summed E-state index contributed by atoms with van der Waals surface area (Å²) in [5.41, 5.74) is 5.31. The summed E-state index contributed by atoms with van der Waals surface area (Å²) < 4.78 is 0. The summed E-state index contributed by atoms with van der Waals surface area (Å²) in [5, 5.41) is 22.0. The molecule has 0 fully saturated rings. The van der Waals surface area contributed by atoms with E-state index in [2.05, 4.69) is 10.6 Å². The molecule has 0 rings (SSSR count). The highest BCUT2D eigenvalue weighted by molar-refractivity contribution is 5.89. The lowest BCUT2D eigenvalue weighted by atomic mass is 10.1. The molecule has 20 heavy (non-hydrogen) atoms. The molecule has 0 aromatic carbocycles. The molecule has 2 amide bonds. The Hall–Kier alpha value is -2.16. The van der Waals surface area contributed by atoms with Crippen LogP contribution in [0.15, 0.2) is 0 Å². The molecule has 0 heterocycles. The summed E-state index contributed by atoms with van der Waals surface area (Å²) in [6, 6.07) is -2.62. The van der Waals surface area contributed by atoms with E-state index < -0.39 is 36.4 Å². The van der Waals surface area contributed by atoms with Gasteiger partial charge in [0.25, 0.3) is 0 Å². The first-order chi connectivity index (χ1) is 9.27. The van der Waals surface area contributed by atoms with Crippen molar-refractivity contribution in [2.24, 2.45) is 5.73 Å². The zero-order valence-corrected chi connectivity index (χ0v) is 11.1. The average molecular weight is 289 g/mol. The van der Waals surface area contributed by atoms with Gasteiger partial charge in [0.15, 0.2) is 0 Å². The molecule has 2 unspecified atom stereocenters. The number of nitrogens with one attached hydrogen (secondary N) is 2. The number of amides is 2. The van der Waals surface area contributed by atoms with Gasteiger partial charge in [0.2, 0.25) is 11.8 Å². The third-order valence-corrected chi connectivity index (χ3v) is 2.38. The fourth-order valence-corrected chi connectivity index (χ4v) is 1.38. The first-order valence-corrected chi connectivity index (χ1v) is 6.05. The van der Waals surface area contributed by atoms with Crippen LogP contribution in [-0.2, 0) is 19.2 Å². The highest BCUT2D eigenvalue weighted by Gasteiger charge is 2.24. The number of hydrogen-bond donors (Lipinski definition) is 5. The standard InChI is InChI=1S/C11H19N3O6/c1-2-13-8(15)4-3-7(11(19)20)14-10(18)6(12)5-9(16)17/h6-7H,2-5,12H2,1H3,(H,13,15)(H,14,18)(H,16,17)(H,19,20). The molecular formula is C11H19N3O6. The highest BCUT2D eigenvalue weighted by Crippen LogP contribution is 2.00. The molecule has 0 saturated carbocycles. The van der Waals surface area contributed by atoms with Crippen molar-refractivity contribution in [2.45, 2.75) is 38.3 Å². The number of carbonyl (C=O) groups is 4. The third-order valence-electron chi connectivity index (χ3n) is 2.38. The van der Waals surface area contributed by atoms with Crippen LogP contribution in [0, 0.1) is 0 Å². The maximum Gasteiger partial charge on any atom is 0.326 e. The van der Waals surface area contributed by atoms with Crippen LogP contribution < -0.4 is 16.4 Å². The summed E-state index contributed by atoms with van der Waals surface area (Å²) in [5.74, 6) is -3.79. The van der Waals surface area contributed by atoms with Crippen molar-refractivity contribution >= 4 is 23.8 Å². The number of carboxylic acid groups (broad SMARTS) is 2. The van der Waals surface area contributed by atoms with E-state index >= 15 is 0 Å². The van der Waals surface area contributed by atoms with Gasteiger partial charge >= 0.3 is 11.9 Å². The second-order valence-corrected chi connectivity index (χ2v) is 4.10. The number of hydrogen-bond acceptors (Lipinski definition) is 5. The molecule has 0 saturated heterocycles. The maximum atomic E-state index is 11.5. The van der Waals surface area contributed by atoms with E-state index in [0.29, 0.717) is 6.54 Å². The quantitative estimate of drug-likeness (QED) is 0.337. The van der Waals surface area contributed by atoms with E-state index in [1.54, 1.807) is 6.92 Å². The predicted octanol–water partition coefficient (Wildman–Crippen LogP) is -1.73. The minimum atomic E-state index is -1.33. The molecule has 0 aliphatic rings. The van der Waals surface area contributed by atoms with Crippen molar-refractivity contribution in [2.75, 3.05) is 6.54 Å². The molecule has 0 aromatic heterocycles. The highest BCUT2D eigenvalue weighted by atomic mass is 16.4. The van der Waals surface area contributed by atoms with Gasteiger partial charge in [-0.3, -0.25) is 14.4 Å². The van der Waals surface area contributed by atoms with Crippen molar-refractivity contribution < 1.29 is 29.4 Å². The fraction of sp³-hybridized carbons (Fsp3) is 0.636. The number of rotatable bonds is 9. The van der Waals surface area contributed by atoms with Crippen molar-refractivity contribution in [3.8, 4) is 0 Å². The van der Waals surface area contributed by atoms with Gasteiger partial charge in [-0.05, 0) is 13.3 Å². The van der Waals surface area contributed by atoms with Gasteiger partial charge in [0, 0.05) is 13.0 Å². The summed E-state index contributed by atoms with van der Waals surface area (Å²) in [6.07, 6.45) is -0.777. The normalized spacial score (nSPS) is 13.1. The summed E-state index contributed by atoms with van der Waals surface area (Å²) in [7, 11) is 0. The summed E-state index contributed by atoms with van der Waals surface area (Å²) in [6.45, 7) is 2.14. The maximum absolute atomic E-state index is 11.5. The largest absolute Gasteiger partial charge is 0.481 e. The number of carboxylic acids is 2. The van der Waals surface area contributed by atoms with E-state index in [1.165, 1.54) is 0 Å². The molecule has 0 spiro atoms. The monoisotopic (exact) mass is 289 g/mol. The minimum absolute atomic E-state index is 0.0702. The van der Waals surface area contributed by atoms with E-state index in [-0.39, 0.29) is 18.7 Å². The molecule has 0 bridgehead atoms. The Balaban J connectivity index is 4.40. The van der Waals surface area contributed by atoms with Crippen LogP contribution in [-0.4, -0.2) is 52.6 Å². The van der Waals surface area contributed by atoms with Crippen molar-refractivity contribution in [1.82, 2.24) is 10.6 Å². The first-order valence-electron chi connectivity index (χ1n) is 6.05. The molecular weight excluding hydrogens is 270 g/mol. The van der Waals surface area contributed by atoms with Crippen LogP contribution in [0.4, 0.5) is 0 Å². The summed E-state index contributed by atoms with van der Waals surface area (Å²) >= 11 is 0. The van der Waals surface area contributed by atoms with E-state index in [4.69, 9.17) is 15.9 Å². The van der Waals surface area contributed by atoms with Crippen LogP contribution in [0.5, 0.6) is 0 Å². The zero-order chi connectivity index (χ0) is 15.7. The fourth-order valence-electron chi connectivity index (χ4n) is 1.38. The molecule has 0 aliphatic heterocycles. The van der Waals surface area contributed by atoms with Crippen LogP contribution in [0.25, 0.3) is 0 Å². The minimum Gasteiger partial charge on any atom is -0.481 e. The number of carbonyl (C=O) groups excluding carboxylic acids is 2. The Morgan fingerprint density at radius 2 is 1.80 bits per heavy atom. The lowest BCUT2D eigenvalue weighted by molar-refractivity contribution is -0.143. The Morgan fingerprint density at radius 3 is 2.25 bits per heavy atom. The SMILES string of the molecule is CCNC(=O)CCC(NC(=O)C(N)CC(=O)O)C(=O)O. The molecule has 9 nitrogen and oxygen atoms in total. The topological polar surface area (TPSA) is 159 Å². The Labute approximate surface area is 115 Å². The van der Waals surface area contributed by atoms with Crippen molar-refractivity contribution in [1.29, 1.82) is 0 Å². The van der Waals surface area contributed by atoms with E-state index in [9.17, 15) is 19.2 Å². The lowest BCUT2D eigenvalue weighted by Crippen LogP contribution is -2.49. The predicted molar refractivity (Wildman–Crippen MR) is 67.7 cm³/mol. The molecule has 2 atom stereocenters. The molecule has 0 radical (unpaired) electrons. The van der Waals surface area contributed by atoms with Crippen LogP contribution in [0.3, 0.4) is 0 Å². The second kappa shape index (κ2) is 8.86. The molecule has 0 aromatic rings. The Morgan fingerprint density at radius 1 is 1.20 bits per heavy atom. The van der Waals surface area contributed by atoms with Gasteiger partial charge in [-0.1, -0.05) is 0 Å². The van der Waals surface area contributed by atoms with Gasteiger partial charge in [-0.15, -0.1) is 0 Å².